The Hall–Kier alpha value is -1.62. The highest BCUT2D eigenvalue weighted by atomic mass is 79.9. The third-order valence-corrected chi connectivity index (χ3v) is 3.20. The summed E-state index contributed by atoms with van der Waals surface area (Å²) in [6, 6.07) is 9.80. The Morgan fingerprint density at radius 2 is 2.05 bits per heavy atom. The first kappa shape index (κ1) is 13.8. The van der Waals surface area contributed by atoms with E-state index in [4.69, 9.17) is 0 Å². The number of aryl methyl sites for hydroxylation is 2. The molecule has 1 N–H and O–H groups in total. The van der Waals surface area contributed by atoms with Gasteiger partial charge in [0.15, 0.2) is 0 Å². The molecule has 100 valence electrons. The zero-order valence-corrected chi connectivity index (χ0v) is 12.7. The molecule has 1 amide bonds. The molecule has 1 heterocycles. The van der Waals surface area contributed by atoms with Gasteiger partial charge in [0.2, 0.25) is 5.91 Å². The third kappa shape index (κ3) is 3.04. The van der Waals surface area contributed by atoms with Gasteiger partial charge in [0.05, 0.1) is 16.2 Å². The van der Waals surface area contributed by atoms with Gasteiger partial charge in [-0.3, -0.25) is 4.79 Å². The van der Waals surface area contributed by atoms with Gasteiger partial charge in [-0.25, -0.2) is 4.68 Å². The second kappa shape index (κ2) is 5.57. The number of nitrogens with one attached hydrogen (secondary N) is 1. The fourth-order valence-electron chi connectivity index (χ4n) is 1.80. The summed E-state index contributed by atoms with van der Waals surface area (Å²) >= 11 is 3.26. The molecule has 1 unspecified atom stereocenters. The summed E-state index contributed by atoms with van der Waals surface area (Å²) in [7, 11) is 0. The molecule has 19 heavy (non-hydrogen) atoms. The van der Waals surface area contributed by atoms with E-state index in [2.05, 4.69) is 26.3 Å². The molecule has 1 atom stereocenters. The number of benzene rings is 1. The van der Waals surface area contributed by atoms with Crippen molar-refractivity contribution in [3.63, 3.8) is 0 Å². The molecule has 0 aliphatic carbocycles. The molecule has 0 aliphatic heterocycles. The van der Waals surface area contributed by atoms with Crippen molar-refractivity contribution in [1.82, 2.24) is 9.78 Å². The van der Waals surface area contributed by atoms with Crippen molar-refractivity contribution in [3.8, 4) is 5.69 Å². The van der Waals surface area contributed by atoms with E-state index in [1.165, 1.54) is 0 Å². The van der Waals surface area contributed by atoms with Crippen molar-refractivity contribution in [3.05, 3.63) is 41.6 Å². The van der Waals surface area contributed by atoms with E-state index >= 15 is 0 Å². The quantitative estimate of drug-likeness (QED) is 0.882. The van der Waals surface area contributed by atoms with Crippen LogP contribution >= 0.6 is 15.9 Å². The van der Waals surface area contributed by atoms with Crippen LogP contribution in [0.15, 0.2) is 30.3 Å². The first-order chi connectivity index (χ1) is 8.99. The smallest absolute Gasteiger partial charge is 0.239 e. The lowest BCUT2D eigenvalue weighted by atomic mass is 10.2. The van der Waals surface area contributed by atoms with Gasteiger partial charge in [-0.1, -0.05) is 34.1 Å². The molecule has 1 aromatic heterocycles. The van der Waals surface area contributed by atoms with E-state index in [1.54, 1.807) is 11.6 Å². The second-order valence-electron chi connectivity index (χ2n) is 4.47. The van der Waals surface area contributed by atoms with Crippen molar-refractivity contribution < 1.29 is 4.79 Å². The number of para-hydroxylation sites is 1. The number of anilines is 1. The molecule has 1 aromatic carbocycles. The van der Waals surface area contributed by atoms with Gasteiger partial charge in [-0.15, -0.1) is 0 Å². The Morgan fingerprint density at radius 3 is 2.68 bits per heavy atom. The average molecular weight is 322 g/mol. The number of rotatable bonds is 3. The van der Waals surface area contributed by atoms with E-state index in [0.717, 1.165) is 16.9 Å². The van der Waals surface area contributed by atoms with Gasteiger partial charge in [0.25, 0.3) is 0 Å². The molecule has 0 saturated carbocycles. The Balaban J connectivity index is 2.42. The highest BCUT2D eigenvalue weighted by molar-refractivity contribution is 9.10. The second-order valence-corrected chi connectivity index (χ2v) is 5.85. The molecule has 0 bridgehead atoms. The number of nitrogens with zero attached hydrogens (tertiary/aromatic N) is 2. The summed E-state index contributed by atoms with van der Waals surface area (Å²) in [4.78, 5) is 11.5. The molecule has 2 aromatic rings. The molecular formula is C14H16BrN3O. The molecule has 4 nitrogen and oxygen atoms in total. The average Bonchev–Trinajstić information content (AvgIpc) is 2.70. The molecule has 0 aliphatic rings. The minimum absolute atomic E-state index is 0.0882. The van der Waals surface area contributed by atoms with Gasteiger partial charge in [0.1, 0.15) is 5.82 Å². The lowest BCUT2D eigenvalue weighted by Gasteiger charge is -2.11. The van der Waals surface area contributed by atoms with Crippen LogP contribution in [0.4, 0.5) is 5.82 Å². The Morgan fingerprint density at radius 1 is 1.37 bits per heavy atom. The van der Waals surface area contributed by atoms with E-state index < -0.39 is 0 Å². The number of aromatic nitrogens is 2. The minimum atomic E-state index is -0.243. The topological polar surface area (TPSA) is 46.9 Å². The van der Waals surface area contributed by atoms with Crippen LogP contribution in [0, 0.1) is 13.8 Å². The maximum atomic E-state index is 11.8. The molecule has 0 fully saturated rings. The fourth-order valence-corrected chi connectivity index (χ4v) is 1.91. The molecule has 0 saturated heterocycles. The maximum Gasteiger partial charge on any atom is 0.239 e. The maximum absolute atomic E-state index is 11.8. The van der Waals surface area contributed by atoms with Crippen molar-refractivity contribution in [2.45, 2.75) is 25.6 Å². The van der Waals surface area contributed by atoms with Crippen molar-refractivity contribution in [1.29, 1.82) is 0 Å². The van der Waals surface area contributed by atoms with Crippen LogP contribution < -0.4 is 5.32 Å². The summed E-state index contributed by atoms with van der Waals surface area (Å²) in [6.07, 6.45) is 0. The molecule has 5 heteroatoms. The zero-order valence-electron chi connectivity index (χ0n) is 11.1. The highest BCUT2D eigenvalue weighted by Crippen LogP contribution is 2.20. The lowest BCUT2D eigenvalue weighted by molar-refractivity contribution is -0.115. The number of hydrogen-bond donors (Lipinski definition) is 1. The van der Waals surface area contributed by atoms with Gasteiger partial charge >= 0.3 is 0 Å². The van der Waals surface area contributed by atoms with Gasteiger partial charge in [0, 0.05) is 6.07 Å². The summed E-state index contributed by atoms with van der Waals surface area (Å²) in [5.41, 5.74) is 2.93. The zero-order chi connectivity index (χ0) is 14.0. The lowest BCUT2D eigenvalue weighted by Crippen LogP contribution is -2.21. The van der Waals surface area contributed by atoms with E-state index in [1.807, 2.05) is 44.2 Å². The largest absolute Gasteiger partial charge is 0.310 e. The van der Waals surface area contributed by atoms with Crippen LogP contribution in [0.1, 0.15) is 18.2 Å². The summed E-state index contributed by atoms with van der Waals surface area (Å²) < 4.78 is 1.76. The number of halogens is 1. The predicted octanol–water partition coefficient (Wildman–Crippen LogP) is 3.21. The predicted molar refractivity (Wildman–Crippen MR) is 80.1 cm³/mol. The number of carbonyl (C=O) groups excluding carboxylic acids is 1. The van der Waals surface area contributed by atoms with Crippen LogP contribution in [0.3, 0.4) is 0 Å². The summed E-state index contributed by atoms with van der Waals surface area (Å²) in [6.45, 7) is 5.71. The number of alkyl halides is 1. The van der Waals surface area contributed by atoms with Crippen LogP contribution in [-0.4, -0.2) is 20.5 Å². The van der Waals surface area contributed by atoms with Gasteiger partial charge < -0.3 is 5.32 Å². The standard InChI is InChI=1S/C14H16BrN3O/c1-9-6-4-5-7-12(9)18-13(8-10(2)17-18)16-14(19)11(3)15/h4-8,11H,1-3H3,(H,16,19). The van der Waals surface area contributed by atoms with Crippen LogP contribution in [0.25, 0.3) is 5.69 Å². The molecule has 2 rings (SSSR count). The molecular weight excluding hydrogens is 306 g/mol. The molecule has 0 radical (unpaired) electrons. The van der Waals surface area contributed by atoms with E-state index in [9.17, 15) is 4.79 Å². The van der Waals surface area contributed by atoms with E-state index in [-0.39, 0.29) is 10.7 Å². The highest BCUT2D eigenvalue weighted by Gasteiger charge is 2.14. The molecule has 0 spiro atoms. The first-order valence-corrected chi connectivity index (χ1v) is 6.98. The summed E-state index contributed by atoms with van der Waals surface area (Å²) in [5.74, 6) is 0.595. The third-order valence-electron chi connectivity index (χ3n) is 2.79. The van der Waals surface area contributed by atoms with Crippen LogP contribution in [0.2, 0.25) is 0 Å². The Bertz CT molecular complexity index is 604. The van der Waals surface area contributed by atoms with Crippen molar-refractivity contribution >= 4 is 27.7 Å². The minimum Gasteiger partial charge on any atom is -0.310 e. The Kier molecular flexibility index (Phi) is 4.04. The summed E-state index contributed by atoms with van der Waals surface area (Å²) in [5, 5.41) is 7.31. The number of amides is 1. The van der Waals surface area contributed by atoms with Crippen LogP contribution in [0.5, 0.6) is 0 Å². The first-order valence-electron chi connectivity index (χ1n) is 6.06. The number of carbonyl (C=O) groups is 1. The van der Waals surface area contributed by atoms with Gasteiger partial charge in [-0.2, -0.15) is 5.10 Å². The normalized spacial score (nSPS) is 12.2. The Labute approximate surface area is 120 Å². The van der Waals surface area contributed by atoms with Crippen LogP contribution in [-0.2, 0) is 4.79 Å². The van der Waals surface area contributed by atoms with Crippen molar-refractivity contribution in [2.75, 3.05) is 5.32 Å². The number of hydrogen-bond acceptors (Lipinski definition) is 2. The van der Waals surface area contributed by atoms with Gasteiger partial charge in [-0.05, 0) is 32.4 Å². The van der Waals surface area contributed by atoms with Crippen molar-refractivity contribution in [2.24, 2.45) is 0 Å². The monoisotopic (exact) mass is 321 g/mol. The van der Waals surface area contributed by atoms with E-state index in [0.29, 0.717) is 5.82 Å². The SMILES string of the molecule is Cc1cc(NC(=O)C(C)Br)n(-c2ccccc2C)n1. The fraction of sp³-hybridized carbons (Fsp3) is 0.286.